The number of thiophene rings is 1. The van der Waals surface area contributed by atoms with Crippen molar-refractivity contribution in [3.63, 3.8) is 0 Å². The number of nitrogens with zero attached hydrogens (tertiary/aromatic N) is 2. The minimum Gasteiger partial charge on any atom is -0.482 e. The third-order valence-corrected chi connectivity index (χ3v) is 6.36. The summed E-state index contributed by atoms with van der Waals surface area (Å²) >= 11 is 1.48. The first-order valence-electron chi connectivity index (χ1n) is 9.55. The van der Waals surface area contributed by atoms with Crippen molar-refractivity contribution < 1.29 is 14.3 Å². The number of likely N-dealkylation sites (N-methyl/N-ethyl adjacent to an activating group) is 1. The molecular formula is C20H19N5O4S. The number of carbonyl (C=O) groups is 2. The Kier molecular flexibility index (Phi) is 4.52. The molecule has 3 N–H and O–H groups in total. The Hall–Kier alpha value is -3.24. The highest BCUT2D eigenvalue weighted by Crippen LogP contribution is 2.32. The maximum atomic E-state index is 12.6. The van der Waals surface area contributed by atoms with Crippen LogP contribution in [0.25, 0.3) is 10.2 Å². The lowest BCUT2D eigenvalue weighted by atomic mass is 10.1. The molecule has 2 aromatic heterocycles. The van der Waals surface area contributed by atoms with Gasteiger partial charge in [-0.3, -0.25) is 14.4 Å². The minimum atomic E-state index is -0.454. The molecule has 0 atom stereocenters. The molecule has 0 aliphatic carbocycles. The molecule has 3 aromatic rings. The van der Waals surface area contributed by atoms with Crippen LogP contribution in [0, 0.1) is 0 Å². The van der Waals surface area contributed by atoms with Gasteiger partial charge in [-0.15, -0.1) is 11.3 Å². The molecule has 0 fully saturated rings. The molecule has 2 aliphatic heterocycles. The van der Waals surface area contributed by atoms with Crippen molar-refractivity contribution in [1.82, 2.24) is 20.2 Å². The van der Waals surface area contributed by atoms with Gasteiger partial charge in [-0.2, -0.15) is 0 Å². The molecule has 4 heterocycles. The maximum absolute atomic E-state index is 12.6. The summed E-state index contributed by atoms with van der Waals surface area (Å²) in [5.74, 6) is -0.0929. The van der Waals surface area contributed by atoms with E-state index < -0.39 is 5.91 Å². The van der Waals surface area contributed by atoms with Gasteiger partial charge in [-0.25, -0.2) is 4.98 Å². The third-order valence-electron chi connectivity index (χ3n) is 5.25. The SMILES string of the molecule is CN1CCc2c(sc3nc(C(=O)NCc4ccc5c(c4)OCC(=O)N5)[nH]c(=O)c23)C1. The average Bonchev–Trinajstić information content (AvgIpc) is 3.09. The van der Waals surface area contributed by atoms with Crippen molar-refractivity contribution in [2.24, 2.45) is 0 Å². The summed E-state index contributed by atoms with van der Waals surface area (Å²) in [6.45, 7) is 1.89. The first kappa shape index (κ1) is 18.8. The van der Waals surface area contributed by atoms with Crippen LogP contribution < -0.4 is 20.9 Å². The topological polar surface area (TPSA) is 116 Å². The second-order valence-electron chi connectivity index (χ2n) is 7.44. The van der Waals surface area contributed by atoms with Gasteiger partial charge in [-0.05, 0) is 36.7 Å². The number of ether oxygens (including phenoxy) is 1. The van der Waals surface area contributed by atoms with E-state index >= 15 is 0 Å². The molecule has 0 bridgehead atoms. The number of aromatic nitrogens is 2. The molecule has 1 aromatic carbocycles. The number of rotatable bonds is 3. The molecule has 10 heteroatoms. The van der Waals surface area contributed by atoms with Crippen LogP contribution in [0.2, 0.25) is 0 Å². The predicted molar refractivity (Wildman–Crippen MR) is 112 cm³/mol. The van der Waals surface area contributed by atoms with Gasteiger partial charge < -0.3 is 25.3 Å². The van der Waals surface area contributed by atoms with Crippen LogP contribution in [0.5, 0.6) is 5.75 Å². The van der Waals surface area contributed by atoms with Gasteiger partial charge in [0.15, 0.2) is 6.61 Å². The Morgan fingerprint density at radius 2 is 2.23 bits per heavy atom. The normalized spacial score (nSPS) is 15.8. The fourth-order valence-corrected chi connectivity index (χ4v) is 5.03. The molecule has 2 amide bonds. The zero-order valence-corrected chi connectivity index (χ0v) is 17.0. The Balaban J connectivity index is 1.35. The second kappa shape index (κ2) is 7.22. The zero-order chi connectivity index (χ0) is 20.8. The van der Waals surface area contributed by atoms with Crippen LogP contribution in [0.4, 0.5) is 5.69 Å². The zero-order valence-electron chi connectivity index (χ0n) is 16.2. The van der Waals surface area contributed by atoms with Gasteiger partial charge in [0.05, 0.1) is 11.1 Å². The predicted octanol–water partition coefficient (Wildman–Crippen LogP) is 1.23. The van der Waals surface area contributed by atoms with E-state index in [-0.39, 0.29) is 30.4 Å². The summed E-state index contributed by atoms with van der Waals surface area (Å²) in [7, 11) is 2.05. The Morgan fingerprint density at radius 3 is 3.10 bits per heavy atom. The van der Waals surface area contributed by atoms with Crippen LogP contribution in [0.15, 0.2) is 23.0 Å². The molecule has 2 aliphatic rings. The van der Waals surface area contributed by atoms with Crippen LogP contribution in [0.1, 0.15) is 26.6 Å². The molecule has 0 saturated heterocycles. The fraction of sp³-hybridized carbons (Fsp3) is 0.300. The van der Waals surface area contributed by atoms with Gasteiger partial charge in [0.25, 0.3) is 17.4 Å². The number of H-pyrrole nitrogens is 1. The molecule has 0 radical (unpaired) electrons. The number of benzene rings is 1. The number of hydrogen-bond acceptors (Lipinski definition) is 7. The van der Waals surface area contributed by atoms with Gasteiger partial charge in [0, 0.05) is 24.5 Å². The lowest BCUT2D eigenvalue weighted by Crippen LogP contribution is -2.28. The van der Waals surface area contributed by atoms with Crippen molar-refractivity contribution in [3.05, 3.63) is 50.4 Å². The summed E-state index contributed by atoms with van der Waals surface area (Å²) in [5.41, 5.74) is 2.18. The summed E-state index contributed by atoms with van der Waals surface area (Å²) in [6, 6.07) is 5.28. The monoisotopic (exact) mass is 425 g/mol. The van der Waals surface area contributed by atoms with E-state index in [0.29, 0.717) is 21.7 Å². The number of carbonyl (C=O) groups excluding carboxylic acids is 2. The highest BCUT2D eigenvalue weighted by molar-refractivity contribution is 7.18. The van der Waals surface area contributed by atoms with Crippen LogP contribution in [-0.4, -0.2) is 46.9 Å². The molecule has 5 rings (SSSR count). The Bertz CT molecular complexity index is 1250. The number of hydrogen-bond donors (Lipinski definition) is 3. The average molecular weight is 425 g/mol. The summed E-state index contributed by atoms with van der Waals surface area (Å²) in [5, 5.41) is 6.10. The Morgan fingerprint density at radius 1 is 1.37 bits per heavy atom. The van der Waals surface area contributed by atoms with Crippen molar-refractivity contribution in [2.45, 2.75) is 19.5 Å². The lowest BCUT2D eigenvalue weighted by Gasteiger charge is -2.21. The second-order valence-corrected chi connectivity index (χ2v) is 8.52. The standard InChI is InChI=1S/C20H19N5O4S/c1-25-5-4-11-14(8-25)30-20-16(11)18(27)23-17(24-20)19(28)21-7-10-2-3-12-13(6-10)29-9-15(26)22-12/h2-3,6H,4-5,7-9H2,1H3,(H,21,28)(H,22,26)(H,23,24,27). The highest BCUT2D eigenvalue weighted by Gasteiger charge is 2.23. The number of anilines is 1. The van der Waals surface area contributed by atoms with Crippen molar-refractivity contribution in [3.8, 4) is 5.75 Å². The molecule has 9 nitrogen and oxygen atoms in total. The summed E-state index contributed by atoms with van der Waals surface area (Å²) in [4.78, 5) is 47.6. The third kappa shape index (κ3) is 3.33. The molecule has 0 saturated carbocycles. The van der Waals surface area contributed by atoms with Gasteiger partial charge in [0.2, 0.25) is 5.82 Å². The van der Waals surface area contributed by atoms with Crippen molar-refractivity contribution in [1.29, 1.82) is 0 Å². The first-order chi connectivity index (χ1) is 14.5. The number of aromatic amines is 1. The van der Waals surface area contributed by atoms with Crippen LogP contribution in [0.3, 0.4) is 0 Å². The van der Waals surface area contributed by atoms with E-state index in [2.05, 4.69) is 25.5 Å². The van der Waals surface area contributed by atoms with Crippen molar-refractivity contribution in [2.75, 3.05) is 25.5 Å². The van der Waals surface area contributed by atoms with E-state index in [9.17, 15) is 14.4 Å². The molecular weight excluding hydrogens is 406 g/mol. The van der Waals surface area contributed by atoms with E-state index in [1.165, 1.54) is 11.3 Å². The smallest absolute Gasteiger partial charge is 0.287 e. The quantitative estimate of drug-likeness (QED) is 0.581. The summed E-state index contributed by atoms with van der Waals surface area (Å²) in [6.07, 6.45) is 0.809. The number of fused-ring (bicyclic) bond motifs is 4. The molecule has 0 unspecified atom stereocenters. The van der Waals surface area contributed by atoms with Gasteiger partial charge >= 0.3 is 0 Å². The molecule has 30 heavy (non-hydrogen) atoms. The number of amides is 2. The first-order valence-corrected chi connectivity index (χ1v) is 10.4. The molecule has 0 spiro atoms. The van der Waals surface area contributed by atoms with E-state index in [4.69, 9.17) is 4.74 Å². The van der Waals surface area contributed by atoms with Crippen LogP contribution >= 0.6 is 11.3 Å². The van der Waals surface area contributed by atoms with Gasteiger partial charge in [0.1, 0.15) is 10.6 Å². The maximum Gasteiger partial charge on any atom is 0.287 e. The Labute approximate surface area is 175 Å². The lowest BCUT2D eigenvalue weighted by molar-refractivity contribution is -0.118. The van der Waals surface area contributed by atoms with Gasteiger partial charge in [-0.1, -0.05) is 6.07 Å². The van der Waals surface area contributed by atoms with E-state index in [1.807, 2.05) is 7.05 Å². The van der Waals surface area contributed by atoms with Crippen molar-refractivity contribution >= 4 is 39.1 Å². The molecule has 154 valence electrons. The fourth-order valence-electron chi connectivity index (χ4n) is 3.73. The highest BCUT2D eigenvalue weighted by atomic mass is 32.1. The minimum absolute atomic E-state index is 0.000856. The largest absolute Gasteiger partial charge is 0.482 e. The van der Waals surface area contributed by atoms with E-state index in [1.54, 1.807) is 18.2 Å². The summed E-state index contributed by atoms with van der Waals surface area (Å²) < 4.78 is 5.39. The number of nitrogens with one attached hydrogen (secondary N) is 3. The van der Waals surface area contributed by atoms with E-state index in [0.717, 1.165) is 35.5 Å². The van der Waals surface area contributed by atoms with Crippen LogP contribution in [-0.2, 0) is 24.3 Å².